The molecule has 0 amide bonds. The average Bonchev–Trinajstić information content (AvgIpc) is 2.01. The van der Waals surface area contributed by atoms with E-state index < -0.39 is 5.97 Å². The Morgan fingerprint density at radius 3 is 2.36 bits per heavy atom. The molecular formula is C10H10O4. The van der Waals surface area contributed by atoms with E-state index >= 15 is 0 Å². The molecule has 0 aliphatic rings. The lowest BCUT2D eigenvalue weighted by Crippen LogP contribution is -2.02. The van der Waals surface area contributed by atoms with E-state index in [1.807, 2.05) is 0 Å². The predicted molar refractivity (Wildman–Crippen MR) is 49.4 cm³/mol. The first-order valence-corrected chi connectivity index (χ1v) is 4.03. The number of hydrogen-bond donors (Lipinski definition) is 1. The van der Waals surface area contributed by atoms with Gasteiger partial charge in [0, 0.05) is 13.0 Å². The van der Waals surface area contributed by atoms with Crippen molar-refractivity contribution in [3.05, 3.63) is 23.8 Å². The van der Waals surface area contributed by atoms with E-state index in [2.05, 4.69) is 0 Å². The molecule has 0 aromatic heterocycles. The smallest absolute Gasteiger partial charge is 0.308 e. The molecule has 0 spiro atoms. The van der Waals surface area contributed by atoms with E-state index in [0.29, 0.717) is 0 Å². The van der Waals surface area contributed by atoms with Crippen molar-refractivity contribution in [3.63, 3.8) is 0 Å². The number of hydrogen-bond acceptors (Lipinski definition) is 4. The minimum atomic E-state index is -0.472. The fourth-order valence-electron chi connectivity index (χ4n) is 1.04. The van der Waals surface area contributed by atoms with Crippen molar-refractivity contribution < 1.29 is 19.4 Å². The summed E-state index contributed by atoms with van der Waals surface area (Å²) in [6.07, 6.45) is 0. The van der Waals surface area contributed by atoms with Crippen molar-refractivity contribution in [1.82, 2.24) is 0 Å². The Balaban J connectivity index is 3.00. The second-order valence-electron chi connectivity index (χ2n) is 2.83. The molecule has 0 saturated carbocycles. The molecule has 1 aromatic rings. The van der Waals surface area contributed by atoms with Crippen molar-refractivity contribution in [2.45, 2.75) is 13.8 Å². The maximum atomic E-state index is 10.9. The summed E-state index contributed by atoms with van der Waals surface area (Å²) in [5.74, 6) is -0.673. The largest absolute Gasteiger partial charge is 0.507 e. The molecule has 0 saturated heterocycles. The Morgan fingerprint density at radius 1 is 1.29 bits per heavy atom. The molecule has 0 radical (unpaired) electrons. The molecule has 0 fully saturated rings. The zero-order valence-corrected chi connectivity index (χ0v) is 7.90. The first-order chi connectivity index (χ1) is 6.50. The number of Topliss-reactive ketones (excluding diaryl/α,β-unsaturated/α-hetero) is 1. The third-order valence-electron chi connectivity index (χ3n) is 1.61. The molecule has 4 nitrogen and oxygen atoms in total. The molecule has 0 aliphatic carbocycles. The van der Waals surface area contributed by atoms with Gasteiger partial charge in [0.2, 0.25) is 0 Å². The van der Waals surface area contributed by atoms with Crippen LogP contribution in [-0.4, -0.2) is 16.9 Å². The van der Waals surface area contributed by atoms with Crippen molar-refractivity contribution in [1.29, 1.82) is 0 Å². The standard InChI is InChI=1S/C10H10O4/c1-6(11)9-4-3-8(5-10(9)13)14-7(2)12/h3-5,13H,1-2H3. The van der Waals surface area contributed by atoms with Crippen LogP contribution in [0.4, 0.5) is 0 Å². The molecule has 14 heavy (non-hydrogen) atoms. The lowest BCUT2D eigenvalue weighted by molar-refractivity contribution is -0.131. The number of carbonyl (C=O) groups excluding carboxylic acids is 2. The van der Waals surface area contributed by atoms with Gasteiger partial charge in [0.15, 0.2) is 5.78 Å². The molecule has 0 heterocycles. The van der Waals surface area contributed by atoms with Gasteiger partial charge in [0.1, 0.15) is 11.5 Å². The van der Waals surface area contributed by atoms with Crippen molar-refractivity contribution in [2.75, 3.05) is 0 Å². The van der Waals surface area contributed by atoms with Crippen molar-refractivity contribution in [2.24, 2.45) is 0 Å². The number of ketones is 1. The molecule has 4 heteroatoms. The number of aromatic hydroxyl groups is 1. The molecule has 1 aromatic carbocycles. The van der Waals surface area contributed by atoms with Crippen molar-refractivity contribution in [3.8, 4) is 11.5 Å². The molecule has 74 valence electrons. The van der Waals surface area contributed by atoms with Gasteiger partial charge in [0.05, 0.1) is 5.56 Å². The number of benzene rings is 1. The van der Waals surface area contributed by atoms with Crippen LogP contribution >= 0.6 is 0 Å². The SMILES string of the molecule is CC(=O)Oc1ccc(C(C)=O)c(O)c1. The van der Waals surface area contributed by atoms with Gasteiger partial charge >= 0.3 is 5.97 Å². The van der Waals surface area contributed by atoms with E-state index in [-0.39, 0.29) is 22.8 Å². The van der Waals surface area contributed by atoms with Gasteiger partial charge in [-0.2, -0.15) is 0 Å². The first kappa shape index (κ1) is 10.2. The highest BCUT2D eigenvalue weighted by Gasteiger charge is 2.08. The van der Waals surface area contributed by atoms with Crippen LogP contribution in [0, 0.1) is 0 Å². The normalized spacial score (nSPS) is 9.57. The third kappa shape index (κ3) is 2.32. The van der Waals surface area contributed by atoms with E-state index in [0.717, 1.165) is 0 Å². The number of rotatable bonds is 2. The average molecular weight is 194 g/mol. The van der Waals surface area contributed by atoms with Gasteiger partial charge in [-0.1, -0.05) is 0 Å². The van der Waals surface area contributed by atoms with Crippen LogP contribution in [0.3, 0.4) is 0 Å². The molecule has 0 atom stereocenters. The summed E-state index contributed by atoms with van der Waals surface area (Å²) in [6, 6.07) is 4.10. The van der Waals surface area contributed by atoms with Gasteiger partial charge in [-0.15, -0.1) is 0 Å². The molecule has 1 rings (SSSR count). The fraction of sp³-hybridized carbons (Fsp3) is 0.200. The van der Waals surface area contributed by atoms with E-state index in [9.17, 15) is 14.7 Å². The number of phenolic OH excluding ortho intramolecular Hbond substituents is 1. The van der Waals surface area contributed by atoms with E-state index in [1.54, 1.807) is 0 Å². The quantitative estimate of drug-likeness (QED) is 0.440. The van der Waals surface area contributed by atoms with Crippen molar-refractivity contribution >= 4 is 11.8 Å². The monoisotopic (exact) mass is 194 g/mol. The molecule has 1 N–H and O–H groups in total. The molecule has 0 bridgehead atoms. The molecule has 0 unspecified atom stereocenters. The number of ether oxygens (including phenoxy) is 1. The minimum absolute atomic E-state index is 0.184. The maximum Gasteiger partial charge on any atom is 0.308 e. The summed E-state index contributed by atoms with van der Waals surface area (Å²) >= 11 is 0. The predicted octanol–water partition coefficient (Wildman–Crippen LogP) is 1.52. The number of carbonyl (C=O) groups is 2. The summed E-state index contributed by atoms with van der Waals surface area (Å²) in [7, 11) is 0. The Hall–Kier alpha value is -1.84. The van der Waals surface area contributed by atoms with Gasteiger partial charge in [0.25, 0.3) is 0 Å². The summed E-state index contributed by atoms with van der Waals surface area (Å²) in [5, 5.41) is 9.36. The fourth-order valence-corrected chi connectivity index (χ4v) is 1.04. The van der Waals surface area contributed by atoms with Crippen LogP contribution in [0.15, 0.2) is 18.2 Å². The second kappa shape index (κ2) is 3.91. The molecule has 0 aliphatic heterocycles. The zero-order chi connectivity index (χ0) is 10.7. The third-order valence-corrected chi connectivity index (χ3v) is 1.61. The highest BCUT2D eigenvalue weighted by Crippen LogP contribution is 2.23. The van der Waals surface area contributed by atoms with Crippen LogP contribution < -0.4 is 4.74 Å². The summed E-state index contributed by atoms with van der Waals surface area (Å²) in [4.78, 5) is 21.5. The maximum absolute atomic E-state index is 10.9. The second-order valence-corrected chi connectivity index (χ2v) is 2.83. The highest BCUT2D eigenvalue weighted by molar-refractivity contribution is 5.96. The van der Waals surface area contributed by atoms with E-state index in [4.69, 9.17) is 4.74 Å². The highest BCUT2D eigenvalue weighted by atomic mass is 16.5. The van der Waals surface area contributed by atoms with Crippen LogP contribution in [0.5, 0.6) is 11.5 Å². The summed E-state index contributed by atoms with van der Waals surface area (Å²) in [5.41, 5.74) is 0.209. The Morgan fingerprint density at radius 2 is 1.93 bits per heavy atom. The lowest BCUT2D eigenvalue weighted by atomic mass is 10.1. The van der Waals surface area contributed by atoms with Gasteiger partial charge < -0.3 is 9.84 Å². The van der Waals surface area contributed by atoms with Crippen LogP contribution in [0.2, 0.25) is 0 Å². The minimum Gasteiger partial charge on any atom is -0.507 e. The Kier molecular flexibility index (Phi) is 2.86. The Labute approximate surface area is 81.1 Å². The number of esters is 1. The van der Waals surface area contributed by atoms with Crippen LogP contribution in [0.25, 0.3) is 0 Å². The van der Waals surface area contributed by atoms with Gasteiger partial charge in [-0.05, 0) is 19.1 Å². The summed E-state index contributed by atoms with van der Waals surface area (Å²) in [6.45, 7) is 2.61. The van der Waals surface area contributed by atoms with Gasteiger partial charge in [-0.25, -0.2) is 0 Å². The number of phenols is 1. The summed E-state index contributed by atoms with van der Waals surface area (Å²) < 4.78 is 4.72. The van der Waals surface area contributed by atoms with Gasteiger partial charge in [-0.3, -0.25) is 9.59 Å². The Bertz CT molecular complexity index is 382. The lowest BCUT2D eigenvalue weighted by Gasteiger charge is -2.04. The topological polar surface area (TPSA) is 63.6 Å². The van der Waals surface area contributed by atoms with Crippen LogP contribution in [-0.2, 0) is 4.79 Å². The zero-order valence-electron chi connectivity index (χ0n) is 7.90. The molecular weight excluding hydrogens is 184 g/mol. The first-order valence-electron chi connectivity index (χ1n) is 4.03. The van der Waals surface area contributed by atoms with E-state index in [1.165, 1.54) is 32.0 Å². The van der Waals surface area contributed by atoms with Crippen LogP contribution in [0.1, 0.15) is 24.2 Å².